The van der Waals surface area contributed by atoms with Crippen LogP contribution in [-0.2, 0) is 9.84 Å². The number of carbonyl (C=O) groups is 1. The lowest BCUT2D eigenvalue weighted by molar-refractivity contribution is 0.0746. The van der Waals surface area contributed by atoms with Crippen molar-refractivity contribution in [2.24, 2.45) is 0 Å². The number of rotatable bonds is 2. The van der Waals surface area contributed by atoms with E-state index in [4.69, 9.17) is 0 Å². The molecule has 0 aromatic heterocycles. The standard InChI is InChI=1S/C13H17NO4S2/c1-9-4-3-5-10(12(9)15)13(16)14-6-7-19-8-11(14)20(2,17)18/h3-5,11,15H,6-8H2,1-2H3. The molecule has 1 heterocycles. The Morgan fingerprint density at radius 1 is 1.45 bits per heavy atom. The number of sulfone groups is 1. The second kappa shape index (κ2) is 5.65. The van der Waals surface area contributed by atoms with Gasteiger partial charge in [-0.1, -0.05) is 12.1 Å². The van der Waals surface area contributed by atoms with Gasteiger partial charge in [0.1, 0.15) is 11.1 Å². The molecule has 1 atom stereocenters. The zero-order chi connectivity index (χ0) is 14.9. The van der Waals surface area contributed by atoms with Crippen molar-refractivity contribution in [2.75, 3.05) is 24.3 Å². The lowest BCUT2D eigenvalue weighted by atomic mass is 10.1. The molecule has 0 bridgehead atoms. The number of amides is 1. The molecule has 1 aliphatic rings. The number of nitrogens with zero attached hydrogens (tertiary/aromatic N) is 1. The third-order valence-electron chi connectivity index (χ3n) is 3.31. The van der Waals surface area contributed by atoms with Crippen LogP contribution in [0.2, 0.25) is 0 Å². The molecule has 1 aromatic carbocycles. The van der Waals surface area contributed by atoms with Gasteiger partial charge in [0.05, 0.1) is 5.56 Å². The van der Waals surface area contributed by atoms with Crippen LogP contribution in [0.15, 0.2) is 18.2 Å². The Morgan fingerprint density at radius 2 is 2.15 bits per heavy atom. The van der Waals surface area contributed by atoms with Crippen LogP contribution in [0.25, 0.3) is 0 Å². The maximum atomic E-state index is 12.5. The van der Waals surface area contributed by atoms with Crippen molar-refractivity contribution < 1.29 is 18.3 Å². The van der Waals surface area contributed by atoms with Gasteiger partial charge in [-0.25, -0.2) is 8.42 Å². The van der Waals surface area contributed by atoms with E-state index < -0.39 is 21.1 Å². The van der Waals surface area contributed by atoms with E-state index in [1.807, 2.05) is 0 Å². The zero-order valence-corrected chi connectivity index (χ0v) is 13.0. The molecule has 1 N–H and O–H groups in total. The Bertz CT molecular complexity index is 627. The van der Waals surface area contributed by atoms with E-state index in [9.17, 15) is 18.3 Å². The average molecular weight is 315 g/mol. The molecule has 1 fully saturated rings. The first-order valence-electron chi connectivity index (χ1n) is 6.18. The predicted octanol–water partition coefficient (Wildman–Crippen LogP) is 1.26. The van der Waals surface area contributed by atoms with Gasteiger partial charge in [-0.05, 0) is 18.6 Å². The van der Waals surface area contributed by atoms with Gasteiger partial charge in [0.2, 0.25) is 0 Å². The summed E-state index contributed by atoms with van der Waals surface area (Å²) in [6, 6.07) is 4.90. The quantitative estimate of drug-likeness (QED) is 0.889. The monoisotopic (exact) mass is 315 g/mol. The number of carbonyl (C=O) groups excluding carboxylic acids is 1. The van der Waals surface area contributed by atoms with Gasteiger partial charge < -0.3 is 10.0 Å². The Kier molecular flexibility index (Phi) is 4.29. The fourth-order valence-corrected chi connectivity index (χ4v) is 4.97. The maximum absolute atomic E-state index is 12.5. The van der Waals surface area contributed by atoms with E-state index in [1.165, 1.54) is 22.7 Å². The SMILES string of the molecule is Cc1cccc(C(=O)N2CCSCC2S(C)(=O)=O)c1O. The second-order valence-corrected chi connectivity index (χ2v) is 8.18. The highest BCUT2D eigenvalue weighted by molar-refractivity contribution is 8.00. The molecule has 0 aliphatic carbocycles. The fraction of sp³-hybridized carbons (Fsp3) is 0.462. The zero-order valence-electron chi connectivity index (χ0n) is 11.4. The van der Waals surface area contributed by atoms with E-state index in [0.29, 0.717) is 23.6 Å². The Morgan fingerprint density at radius 3 is 2.80 bits per heavy atom. The summed E-state index contributed by atoms with van der Waals surface area (Å²) in [5.41, 5.74) is 0.753. The number of benzene rings is 1. The van der Waals surface area contributed by atoms with E-state index in [0.717, 1.165) is 6.26 Å². The topological polar surface area (TPSA) is 74.7 Å². The molecular formula is C13H17NO4S2. The van der Waals surface area contributed by atoms with Crippen molar-refractivity contribution in [2.45, 2.75) is 12.3 Å². The van der Waals surface area contributed by atoms with E-state index in [-0.39, 0.29) is 11.3 Å². The average Bonchev–Trinajstić information content (AvgIpc) is 2.40. The number of phenols is 1. The molecule has 1 unspecified atom stereocenters. The minimum Gasteiger partial charge on any atom is -0.507 e. The molecule has 1 amide bonds. The van der Waals surface area contributed by atoms with Gasteiger partial charge in [0.25, 0.3) is 5.91 Å². The van der Waals surface area contributed by atoms with Gasteiger partial charge in [-0.15, -0.1) is 0 Å². The van der Waals surface area contributed by atoms with Crippen LogP contribution < -0.4 is 0 Å². The highest BCUT2D eigenvalue weighted by Gasteiger charge is 2.35. The molecule has 0 saturated carbocycles. The molecule has 1 saturated heterocycles. The van der Waals surface area contributed by atoms with Crippen molar-refractivity contribution in [3.8, 4) is 5.75 Å². The van der Waals surface area contributed by atoms with Crippen molar-refractivity contribution >= 4 is 27.5 Å². The van der Waals surface area contributed by atoms with Crippen LogP contribution in [-0.4, -0.2) is 54.0 Å². The molecule has 0 radical (unpaired) electrons. The van der Waals surface area contributed by atoms with Crippen LogP contribution in [0, 0.1) is 6.92 Å². The molecular weight excluding hydrogens is 298 g/mol. The van der Waals surface area contributed by atoms with Crippen molar-refractivity contribution in [3.63, 3.8) is 0 Å². The number of hydrogen-bond acceptors (Lipinski definition) is 5. The van der Waals surface area contributed by atoms with Crippen molar-refractivity contribution in [1.82, 2.24) is 4.90 Å². The van der Waals surface area contributed by atoms with E-state index in [1.54, 1.807) is 19.1 Å². The summed E-state index contributed by atoms with van der Waals surface area (Å²) in [7, 11) is -3.35. The first-order chi connectivity index (χ1) is 9.32. The number of para-hydroxylation sites is 1. The predicted molar refractivity (Wildman–Crippen MR) is 79.8 cm³/mol. The number of aryl methyl sites for hydroxylation is 1. The smallest absolute Gasteiger partial charge is 0.258 e. The summed E-state index contributed by atoms with van der Waals surface area (Å²) in [4.78, 5) is 13.9. The normalized spacial score (nSPS) is 19.9. The Labute approximate surface area is 122 Å². The van der Waals surface area contributed by atoms with Crippen LogP contribution in [0.3, 0.4) is 0 Å². The molecule has 2 rings (SSSR count). The van der Waals surface area contributed by atoms with Crippen LogP contribution in [0.1, 0.15) is 15.9 Å². The number of thioether (sulfide) groups is 1. The lowest BCUT2D eigenvalue weighted by Gasteiger charge is -2.34. The van der Waals surface area contributed by atoms with Crippen molar-refractivity contribution in [1.29, 1.82) is 0 Å². The third-order valence-corrected chi connectivity index (χ3v) is 5.95. The minimum absolute atomic E-state index is 0.0806. The number of aromatic hydroxyl groups is 1. The molecule has 1 aromatic rings. The largest absolute Gasteiger partial charge is 0.507 e. The maximum Gasteiger partial charge on any atom is 0.258 e. The van der Waals surface area contributed by atoms with Crippen LogP contribution in [0.5, 0.6) is 5.75 Å². The van der Waals surface area contributed by atoms with Gasteiger partial charge in [0, 0.05) is 24.3 Å². The number of hydrogen-bond donors (Lipinski definition) is 1. The summed E-state index contributed by atoms with van der Waals surface area (Å²) < 4.78 is 23.6. The summed E-state index contributed by atoms with van der Waals surface area (Å²) in [6.07, 6.45) is 1.14. The minimum atomic E-state index is -3.35. The van der Waals surface area contributed by atoms with Gasteiger partial charge in [-0.3, -0.25) is 4.79 Å². The molecule has 7 heteroatoms. The summed E-state index contributed by atoms with van der Waals surface area (Å²) >= 11 is 1.52. The Hall–Kier alpha value is -1.21. The summed E-state index contributed by atoms with van der Waals surface area (Å²) in [5, 5.41) is 9.16. The van der Waals surface area contributed by atoms with Crippen LogP contribution in [0.4, 0.5) is 0 Å². The first-order valence-corrected chi connectivity index (χ1v) is 9.29. The lowest BCUT2D eigenvalue weighted by Crippen LogP contribution is -2.49. The molecule has 110 valence electrons. The van der Waals surface area contributed by atoms with E-state index in [2.05, 4.69) is 0 Å². The van der Waals surface area contributed by atoms with Crippen molar-refractivity contribution in [3.05, 3.63) is 29.3 Å². The fourth-order valence-electron chi connectivity index (χ4n) is 2.15. The summed E-state index contributed by atoms with van der Waals surface area (Å²) in [5.74, 6) is 0.562. The molecule has 0 spiro atoms. The van der Waals surface area contributed by atoms with Gasteiger partial charge in [0.15, 0.2) is 9.84 Å². The highest BCUT2D eigenvalue weighted by atomic mass is 32.2. The molecule has 5 nitrogen and oxygen atoms in total. The summed E-state index contributed by atoms with van der Waals surface area (Å²) in [6.45, 7) is 2.07. The highest BCUT2D eigenvalue weighted by Crippen LogP contribution is 2.27. The van der Waals surface area contributed by atoms with Gasteiger partial charge >= 0.3 is 0 Å². The molecule has 1 aliphatic heterocycles. The third kappa shape index (κ3) is 2.93. The van der Waals surface area contributed by atoms with Gasteiger partial charge in [-0.2, -0.15) is 11.8 Å². The van der Waals surface area contributed by atoms with E-state index >= 15 is 0 Å². The van der Waals surface area contributed by atoms with Crippen LogP contribution >= 0.6 is 11.8 Å². The Balaban J connectivity index is 2.38. The molecule has 20 heavy (non-hydrogen) atoms. The first kappa shape index (κ1) is 15.2. The second-order valence-electron chi connectivity index (χ2n) is 4.83. The number of phenolic OH excluding ortho intramolecular Hbond substituents is 1.